The summed E-state index contributed by atoms with van der Waals surface area (Å²) in [5.74, 6) is 0.707. The van der Waals surface area contributed by atoms with Gasteiger partial charge in [-0.25, -0.2) is 0 Å². The van der Waals surface area contributed by atoms with Crippen molar-refractivity contribution in [1.82, 2.24) is 0 Å². The predicted octanol–water partition coefficient (Wildman–Crippen LogP) is 5.74. The fraction of sp³-hybridized carbons (Fsp3) is 0.300. The first kappa shape index (κ1) is 25.2. The standard InChI is InChI=1S/C30H34N2O4/c1-3-5-25(21-30(33)34)24-8-12-29(13-9-24)36-22-23-6-4-7-27(20-23)32-18-16-31(17-19-32)26-10-14-28(35-2)15-11-26/h3-15,20,25H,16-19,21-22H2,1-2H3,(H,33,34). The van der Waals surface area contributed by atoms with Crippen molar-refractivity contribution < 1.29 is 19.4 Å². The van der Waals surface area contributed by atoms with E-state index in [0.29, 0.717) is 6.61 Å². The summed E-state index contributed by atoms with van der Waals surface area (Å²) in [6, 6.07) is 24.5. The number of allylic oxidation sites excluding steroid dienone is 2. The van der Waals surface area contributed by atoms with Gasteiger partial charge in [0, 0.05) is 43.5 Å². The van der Waals surface area contributed by atoms with Crippen molar-refractivity contribution >= 4 is 17.3 Å². The van der Waals surface area contributed by atoms with E-state index in [9.17, 15) is 4.79 Å². The molecule has 1 N–H and O–H groups in total. The third kappa shape index (κ3) is 6.60. The fourth-order valence-corrected chi connectivity index (χ4v) is 4.55. The second-order valence-corrected chi connectivity index (χ2v) is 8.93. The number of carbonyl (C=O) groups is 1. The van der Waals surface area contributed by atoms with E-state index in [-0.39, 0.29) is 12.3 Å². The van der Waals surface area contributed by atoms with Crippen LogP contribution in [0.1, 0.15) is 30.4 Å². The molecule has 1 fully saturated rings. The molecule has 4 rings (SSSR count). The van der Waals surface area contributed by atoms with Crippen LogP contribution in [0, 0.1) is 0 Å². The molecule has 1 aliphatic heterocycles. The largest absolute Gasteiger partial charge is 0.497 e. The van der Waals surface area contributed by atoms with Crippen LogP contribution in [0.15, 0.2) is 84.9 Å². The number of hydrogen-bond donors (Lipinski definition) is 1. The van der Waals surface area contributed by atoms with Gasteiger partial charge in [0.25, 0.3) is 0 Å². The van der Waals surface area contributed by atoms with Crippen molar-refractivity contribution in [3.05, 3.63) is 96.1 Å². The lowest BCUT2D eigenvalue weighted by molar-refractivity contribution is -0.137. The van der Waals surface area contributed by atoms with Crippen LogP contribution < -0.4 is 19.3 Å². The summed E-state index contributed by atoms with van der Waals surface area (Å²) in [5, 5.41) is 9.17. The first-order valence-electron chi connectivity index (χ1n) is 12.4. The number of aliphatic carboxylic acids is 1. The molecule has 1 atom stereocenters. The second kappa shape index (κ2) is 12.2. The summed E-state index contributed by atoms with van der Waals surface area (Å²) in [4.78, 5) is 16.0. The van der Waals surface area contributed by atoms with E-state index in [4.69, 9.17) is 14.6 Å². The third-order valence-corrected chi connectivity index (χ3v) is 6.53. The lowest BCUT2D eigenvalue weighted by atomic mass is 9.95. The normalized spacial score (nSPS) is 14.6. The van der Waals surface area contributed by atoms with Gasteiger partial charge >= 0.3 is 5.97 Å². The van der Waals surface area contributed by atoms with Gasteiger partial charge in [-0.15, -0.1) is 0 Å². The van der Waals surface area contributed by atoms with Crippen LogP contribution in [-0.4, -0.2) is 44.4 Å². The van der Waals surface area contributed by atoms with Crippen molar-refractivity contribution in [2.45, 2.75) is 25.9 Å². The Morgan fingerprint density at radius 2 is 1.56 bits per heavy atom. The van der Waals surface area contributed by atoms with Crippen LogP contribution in [-0.2, 0) is 11.4 Å². The number of rotatable bonds is 10. The summed E-state index contributed by atoms with van der Waals surface area (Å²) >= 11 is 0. The van der Waals surface area contributed by atoms with E-state index in [0.717, 1.165) is 48.8 Å². The van der Waals surface area contributed by atoms with E-state index in [1.807, 2.05) is 55.5 Å². The summed E-state index contributed by atoms with van der Waals surface area (Å²) in [7, 11) is 1.69. The van der Waals surface area contributed by atoms with Crippen LogP contribution in [0.25, 0.3) is 0 Å². The molecular weight excluding hydrogens is 452 g/mol. The zero-order valence-electron chi connectivity index (χ0n) is 21.0. The summed E-state index contributed by atoms with van der Waals surface area (Å²) in [6.45, 7) is 6.24. The Morgan fingerprint density at radius 1 is 0.917 bits per heavy atom. The number of piperazine rings is 1. The maximum absolute atomic E-state index is 11.2. The topological polar surface area (TPSA) is 62.2 Å². The van der Waals surface area contributed by atoms with Gasteiger partial charge in [0.1, 0.15) is 18.1 Å². The van der Waals surface area contributed by atoms with Crippen molar-refractivity contribution in [1.29, 1.82) is 0 Å². The maximum Gasteiger partial charge on any atom is 0.304 e. The second-order valence-electron chi connectivity index (χ2n) is 8.93. The Bertz CT molecular complexity index is 1150. The average molecular weight is 487 g/mol. The molecule has 0 radical (unpaired) electrons. The highest BCUT2D eigenvalue weighted by Crippen LogP contribution is 2.26. The smallest absolute Gasteiger partial charge is 0.304 e. The molecule has 1 unspecified atom stereocenters. The first-order valence-corrected chi connectivity index (χ1v) is 12.4. The number of carboxylic acid groups (broad SMARTS) is 1. The van der Waals surface area contributed by atoms with Gasteiger partial charge in [0.2, 0.25) is 0 Å². The Morgan fingerprint density at radius 3 is 2.17 bits per heavy atom. The summed E-state index contributed by atoms with van der Waals surface area (Å²) < 4.78 is 11.3. The number of benzene rings is 3. The van der Waals surface area contributed by atoms with Gasteiger partial charge in [0.15, 0.2) is 0 Å². The molecule has 0 aliphatic carbocycles. The minimum Gasteiger partial charge on any atom is -0.497 e. The molecule has 0 amide bonds. The lowest BCUT2D eigenvalue weighted by Crippen LogP contribution is -2.46. The monoisotopic (exact) mass is 486 g/mol. The fourth-order valence-electron chi connectivity index (χ4n) is 4.55. The highest BCUT2D eigenvalue weighted by Gasteiger charge is 2.18. The molecular formula is C30H34N2O4. The number of carboxylic acids is 1. The molecule has 1 saturated heterocycles. The third-order valence-electron chi connectivity index (χ3n) is 6.53. The number of hydrogen-bond acceptors (Lipinski definition) is 5. The van der Waals surface area contributed by atoms with Gasteiger partial charge in [-0.1, -0.05) is 36.4 Å². The minimum atomic E-state index is -0.805. The van der Waals surface area contributed by atoms with Gasteiger partial charge in [-0.2, -0.15) is 0 Å². The van der Waals surface area contributed by atoms with Gasteiger partial charge in [-0.3, -0.25) is 4.79 Å². The predicted molar refractivity (Wildman–Crippen MR) is 144 cm³/mol. The Hall–Kier alpha value is -3.93. The van der Waals surface area contributed by atoms with Crippen molar-refractivity contribution in [2.24, 2.45) is 0 Å². The van der Waals surface area contributed by atoms with Crippen LogP contribution >= 0.6 is 0 Å². The molecule has 36 heavy (non-hydrogen) atoms. The summed E-state index contributed by atoms with van der Waals surface area (Å²) in [5.41, 5.74) is 4.53. The van der Waals surface area contributed by atoms with Crippen LogP contribution in [0.3, 0.4) is 0 Å². The number of ether oxygens (including phenoxy) is 2. The van der Waals surface area contributed by atoms with Crippen LogP contribution in [0.4, 0.5) is 11.4 Å². The van der Waals surface area contributed by atoms with E-state index < -0.39 is 5.97 Å². The van der Waals surface area contributed by atoms with Gasteiger partial charge in [0.05, 0.1) is 13.5 Å². The van der Waals surface area contributed by atoms with Crippen LogP contribution in [0.2, 0.25) is 0 Å². The first-order chi connectivity index (χ1) is 17.6. The zero-order chi connectivity index (χ0) is 25.3. The maximum atomic E-state index is 11.2. The van der Waals surface area contributed by atoms with Crippen molar-refractivity contribution in [3.8, 4) is 11.5 Å². The summed E-state index contributed by atoms with van der Waals surface area (Å²) in [6.07, 6.45) is 3.89. The molecule has 1 aliphatic rings. The van der Waals surface area contributed by atoms with Crippen molar-refractivity contribution in [2.75, 3.05) is 43.1 Å². The molecule has 3 aromatic carbocycles. The molecule has 0 bridgehead atoms. The Balaban J connectivity index is 1.32. The number of anilines is 2. The zero-order valence-corrected chi connectivity index (χ0v) is 21.0. The van der Waals surface area contributed by atoms with Crippen LogP contribution in [0.5, 0.6) is 11.5 Å². The quantitative estimate of drug-likeness (QED) is 0.369. The molecule has 1 heterocycles. The van der Waals surface area contributed by atoms with Gasteiger partial charge in [-0.05, 0) is 66.6 Å². The van der Waals surface area contributed by atoms with Gasteiger partial charge < -0.3 is 24.4 Å². The van der Waals surface area contributed by atoms with E-state index in [2.05, 4.69) is 46.2 Å². The molecule has 188 valence electrons. The Labute approximate surface area is 213 Å². The molecule has 0 saturated carbocycles. The van der Waals surface area contributed by atoms with E-state index >= 15 is 0 Å². The Kier molecular flexibility index (Phi) is 8.50. The lowest BCUT2D eigenvalue weighted by Gasteiger charge is -2.37. The minimum absolute atomic E-state index is 0.0751. The molecule has 6 nitrogen and oxygen atoms in total. The molecule has 6 heteroatoms. The molecule has 0 spiro atoms. The van der Waals surface area contributed by atoms with Crippen molar-refractivity contribution in [3.63, 3.8) is 0 Å². The number of nitrogens with zero attached hydrogens (tertiary/aromatic N) is 2. The SMILES string of the molecule is CC=CC(CC(=O)O)c1ccc(OCc2cccc(N3CCN(c4ccc(OC)cc4)CC3)c2)cc1. The van der Waals surface area contributed by atoms with E-state index in [1.165, 1.54) is 11.4 Å². The average Bonchev–Trinajstić information content (AvgIpc) is 2.92. The highest BCUT2D eigenvalue weighted by atomic mass is 16.5. The molecule has 0 aromatic heterocycles. The van der Waals surface area contributed by atoms with E-state index in [1.54, 1.807) is 7.11 Å². The molecule has 3 aromatic rings. The highest BCUT2D eigenvalue weighted by molar-refractivity contribution is 5.68. The number of methoxy groups -OCH3 is 1.